The van der Waals surface area contributed by atoms with Gasteiger partial charge in [-0.15, -0.1) is 0 Å². The second kappa shape index (κ2) is 8.14. The summed E-state index contributed by atoms with van der Waals surface area (Å²) in [6.45, 7) is 8.37. The molecule has 29 heavy (non-hydrogen) atoms. The Kier molecular flexibility index (Phi) is 5.81. The Morgan fingerprint density at radius 2 is 2.00 bits per heavy atom. The molecule has 1 aliphatic heterocycles. The number of carbonyl (C=O) groups excluding carboxylic acids is 1. The van der Waals surface area contributed by atoms with Gasteiger partial charge >= 0.3 is 0 Å². The summed E-state index contributed by atoms with van der Waals surface area (Å²) in [5.41, 5.74) is 6.73. The Labute approximate surface area is 168 Å². The van der Waals surface area contributed by atoms with E-state index in [1.165, 1.54) is 6.07 Å². The fourth-order valence-corrected chi connectivity index (χ4v) is 3.41. The van der Waals surface area contributed by atoms with Crippen molar-refractivity contribution >= 4 is 17.8 Å². The van der Waals surface area contributed by atoms with Gasteiger partial charge in [-0.2, -0.15) is 5.10 Å². The monoisotopic (exact) mass is 400 g/mol. The molecule has 1 aliphatic rings. The second-order valence-electron chi connectivity index (χ2n) is 7.19. The largest absolute Gasteiger partial charge is 0.347 e. The fourth-order valence-electron chi connectivity index (χ4n) is 3.41. The van der Waals surface area contributed by atoms with Gasteiger partial charge in [-0.25, -0.2) is 5.43 Å². The van der Waals surface area contributed by atoms with E-state index in [2.05, 4.69) is 10.5 Å². The minimum Gasteiger partial charge on any atom is -0.347 e. The van der Waals surface area contributed by atoms with E-state index in [0.717, 1.165) is 28.2 Å². The standard InChI is InChI=1S/C20H24N4O5/c1-13-5-6-17(24(26)27)10-18(13)23-14(2)9-16(15(23)3)12-21-22-19(25)11-20(4)28-7-8-29-20/h5-6,9-10,12H,7-8,11H2,1-4H3,(H,22,25)/b21-12-. The molecule has 1 saturated heterocycles. The number of hydrazone groups is 1. The number of nitrogens with one attached hydrogen (secondary N) is 1. The topological polar surface area (TPSA) is 108 Å². The summed E-state index contributed by atoms with van der Waals surface area (Å²) in [4.78, 5) is 22.8. The van der Waals surface area contributed by atoms with Gasteiger partial charge in [0, 0.05) is 29.1 Å². The first kappa shape index (κ1) is 20.7. The summed E-state index contributed by atoms with van der Waals surface area (Å²) in [5, 5.41) is 15.2. The fraction of sp³-hybridized carbons (Fsp3) is 0.400. The molecule has 0 spiro atoms. The highest BCUT2D eigenvalue weighted by molar-refractivity contribution is 5.84. The molecule has 0 radical (unpaired) electrons. The Bertz CT molecular complexity index is 973. The number of hydrogen-bond donors (Lipinski definition) is 1. The SMILES string of the molecule is Cc1ccc([N+](=O)[O-])cc1-n1c(C)cc(/C=N\NC(=O)CC2(C)OCCO2)c1C. The predicted octanol–water partition coefficient (Wildman–Crippen LogP) is 2.91. The summed E-state index contributed by atoms with van der Waals surface area (Å²) in [5.74, 6) is -1.22. The zero-order chi connectivity index (χ0) is 21.2. The van der Waals surface area contributed by atoms with Gasteiger partial charge in [-0.1, -0.05) is 6.07 Å². The van der Waals surface area contributed by atoms with Crippen LogP contribution in [0.2, 0.25) is 0 Å². The number of ether oxygens (including phenoxy) is 2. The van der Waals surface area contributed by atoms with Crippen LogP contribution in [0.4, 0.5) is 5.69 Å². The summed E-state index contributed by atoms with van der Waals surface area (Å²) in [6.07, 6.45) is 1.61. The van der Waals surface area contributed by atoms with Crippen molar-refractivity contribution in [2.45, 2.75) is 39.9 Å². The molecule has 1 aromatic heterocycles. The van der Waals surface area contributed by atoms with Crippen molar-refractivity contribution in [3.05, 3.63) is 56.9 Å². The van der Waals surface area contributed by atoms with E-state index in [-0.39, 0.29) is 18.0 Å². The van der Waals surface area contributed by atoms with Crippen LogP contribution in [0.15, 0.2) is 29.4 Å². The number of benzene rings is 1. The molecule has 9 heteroatoms. The number of nitrogens with zero attached hydrogens (tertiary/aromatic N) is 3. The van der Waals surface area contributed by atoms with Gasteiger partial charge in [0.2, 0.25) is 5.91 Å². The molecule has 0 atom stereocenters. The number of non-ortho nitro benzene ring substituents is 1. The maximum Gasteiger partial charge on any atom is 0.271 e. The molecule has 154 valence electrons. The van der Waals surface area contributed by atoms with Gasteiger partial charge in [0.1, 0.15) is 0 Å². The van der Waals surface area contributed by atoms with Gasteiger partial charge in [0.25, 0.3) is 5.69 Å². The average Bonchev–Trinajstić information content (AvgIpc) is 3.19. The first-order valence-corrected chi connectivity index (χ1v) is 9.24. The Balaban J connectivity index is 1.78. The first-order chi connectivity index (χ1) is 13.7. The molecule has 1 aromatic carbocycles. The van der Waals surface area contributed by atoms with Crippen LogP contribution < -0.4 is 5.43 Å². The van der Waals surface area contributed by atoms with Gasteiger partial charge in [0.15, 0.2) is 5.79 Å². The van der Waals surface area contributed by atoms with Crippen molar-refractivity contribution in [2.24, 2.45) is 5.10 Å². The summed E-state index contributed by atoms with van der Waals surface area (Å²) >= 11 is 0. The molecule has 0 unspecified atom stereocenters. The van der Waals surface area contributed by atoms with Crippen LogP contribution >= 0.6 is 0 Å². The zero-order valence-electron chi connectivity index (χ0n) is 16.9. The van der Waals surface area contributed by atoms with Gasteiger partial charge < -0.3 is 14.0 Å². The van der Waals surface area contributed by atoms with E-state index in [9.17, 15) is 14.9 Å². The molecule has 1 fully saturated rings. The second-order valence-corrected chi connectivity index (χ2v) is 7.19. The molecule has 0 aliphatic carbocycles. The Morgan fingerprint density at radius 3 is 2.66 bits per heavy atom. The van der Waals surface area contributed by atoms with E-state index in [1.807, 2.05) is 31.4 Å². The van der Waals surface area contributed by atoms with Gasteiger partial charge in [-0.05, 0) is 39.3 Å². The molecular formula is C20H24N4O5. The minimum absolute atomic E-state index is 0.0328. The lowest BCUT2D eigenvalue weighted by atomic mass is 10.1. The Hall–Kier alpha value is -3.04. The van der Waals surface area contributed by atoms with Crippen LogP contribution in [0.25, 0.3) is 5.69 Å². The van der Waals surface area contributed by atoms with E-state index in [4.69, 9.17) is 9.47 Å². The van der Waals surface area contributed by atoms with Crippen LogP contribution in [-0.4, -0.2) is 40.6 Å². The molecule has 2 aromatic rings. The molecule has 2 heterocycles. The smallest absolute Gasteiger partial charge is 0.271 e. The van der Waals surface area contributed by atoms with Crippen molar-refractivity contribution in [3.8, 4) is 5.69 Å². The van der Waals surface area contributed by atoms with Crippen LogP contribution in [0.3, 0.4) is 0 Å². The normalized spacial score (nSPS) is 15.7. The van der Waals surface area contributed by atoms with E-state index >= 15 is 0 Å². The third kappa shape index (κ3) is 4.52. The lowest BCUT2D eigenvalue weighted by Gasteiger charge is -2.20. The highest BCUT2D eigenvalue weighted by Crippen LogP contribution is 2.26. The molecule has 0 saturated carbocycles. The number of nitro benzene ring substituents is 1. The van der Waals surface area contributed by atoms with Crippen LogP contribution in [0, 0.1) is 30.9 Å². The average molecular weight is 400 g/mol. The van der Waals surface area contributed by atoms with Gasteiger partial charge in [-0.3, -0.25) is 14.9 Å². The quantitative estimate of drug-likeness (QED) is 0.456. The molecule has 9 nitrogen and oxygen atoms in total. The Morgan fingerprint density at radius 1 is 1.31 bits per heavy atom. The predicted molar refractivity (Wildman–Crippen MR) is 107 cm³/mol. The summed E-state index contributed by atoms with van der Waals surface area (Å²) in [7, 11) is 0. The third-order valence-electron chi connectivity index (χ3n) is 4.89. The van der Waals surface area contributed by atoms with Crippen molar-refractivity contribution in [2.75, 3.05) is 13.2 Å². The van der Waals surface area contributed by atoms with Crippen LogP contribution in [-0.2, 0) is 14.3 Å². The minimum atomic E-state index is -0.908. The number of amides is 1. The van der Waals surface area contributed by atoms with Crippen molar-refractivity contribution in [1.29, 1.82) is 0 Å². The van der Waals surface area contributed by atoms with Crippen LogP contribution in [0.5, 0.6) is 0 Å². The molecule has 1 N–H and O–H groups in total. The van der Waals surface area contributed by atoms with E-state index in [1.54, 1.807) is 25.3 Å². The summed E-state index contributed by atoms with van der Waals surface area (Å²) in [6, 6.07) is 6.69. The maximum absolute atomic E-state index is 12.1. The van der Waals surface area contributed by atoms with Gasteiger partial charge in [0.05, 0.1) is 36.5 Å². The number of nitro groups is 1. The lowest BCUT2D eigenvalue weighted by molar-refractivity contribution is -0.384. The van der Waals surface area contributed by atoms with E-state index in [0.29, 0.717) is 13.2 Å². The number of rotatable bonds is 6. The molecule has 1 amide bonds. The maximum atomic E-state index is 12.1. The molecule has 0 bridgehead atoms. The summed E-state index contributed by atoms with van der Waals surface area (Å²) < 4.78 is 12.8. The number of aromatic nitrogens is 1. The molecular weight excluding hydrogens is 376 g/mol. The number of aryl methyl sites for hydroxylation is 2. The first-order valence-electron chi connectivity index (χ1n) is 9.24. The highest BCUT2D eigenvalue weighted by atomic mass is 16.7. The van der Waals surface area contributed by atoms with Crippen LogP contribution in [0.1, 0.15) is 35.9 Å². The number of carbonyl (C=O) groups is 1. The van der Waals surface area contributed by atoms with Crippen molar-refractivity contribution in [1.82, 2.24) is 9.99 Å². The molecule has 3 rings (SSSR count). The van der Waals surface area contributed by atoms with E-state index < -0.39 is 10.7 Å². The lowest BCUT2D eigenvalue weighted by Crippen LogP contribution is -2.33. The zero-order valence-corrected chi connectivity index (χ0v) is 16.9. The van der Waals surface area contributed by atoms with Crippen molar-refractivity contribution < 1.29 is 19.2 Å². The number of hydrogen-bond acceptors (Lipinski definition) is 6. The third-order valence-corrected chi connectivity index (χ3v) is 4.89. The van der Waals surface area contributed by atoms with Crippen molar-refractivity contribution in [3.63, 3.8) is 0 Å². The highest BCUT2D eigenvalue weighted by Gasteiger charge is 2.33.